The van der Waals surface area contributed by atoms with Crippen LogP contribution in [0.5, 0.6) is 0 Å². The van der Waals surface area contributed by atoms with Gasteiger partial charge in [-0.3, -0.25) is 0 Å². The number of alkyl halides is 3. The quantitative estimate of drug-likeness (QED) is 0.812. The molecule has 1 N–H and O–H groups in total. The topological polar surface area (TPSA) is 46.2 Å². The molecule has 0 rings (SSSR count). The van der Waals surface area contributed by atoms with Gasteiger partial charge in [-0.25, -0.2) is 13.1 Å². The van der Waals surface area contributed by atoms with Crippen molar-refractivity contribution in [3.8, 4) is 0 Å². The summed E-state index contributed by atoms with van der Waals surface area (Å²) in [6.07, 6.45) is -5.15. The van der Waals surface area contributed by atoms with Crippen molar-refractivity contribution in [1.82, 2.24) is 4.72 Å². The first kappa shape index (κ1) is 17.1. The Morgan fingerprint density at radius 1 is 1.20 bits per heavy atom. The van der Waals surface area contributed by atoms with Crippen LogP contribution in [0.2, 0.25) is 0 Å². The predicted molar refractivity (Wildman–Crippen MR) is 54.1 cm³/mol. The molecule has 94 valence electrons. The minimum absolute atomic E-state index is 0.181. The van der Waals surface area contributed by atoms with Gasteiger partial charge in [-0.2, -0.15) is 13.2 Å². The molecule has 0 aliphatic heterocycles. The zero-order chi connectivity index (χ0) is 12.5. The number of nitrogens with one attached hydrogen (secondary N) is 1. The van der Waals surface area contributed by atoms with E-state index in [1.807, 2.05) is 13.8 Å². The summed E-state index contributed by atoms with van der Waals surface area (Å²) in [4.78, 5) is 0. The maximum Gasteiger partial charge on any atom is 0.390 e. The molecule has 0 aromatic carbocycles. The molecule has 7 heteroatoms. The first-order valence-corrected chi connectivity index (χ1v) is 6.46. The first-order valence-electron chi connectivity index (χ1n) is 4.81. The molecule has 0 aromatic heterocycles. The molecule has 0 amide bonds. The van der Waals surface area contributed by atoms with E-state index in [2.05, 4.69) is 4.72 Å². The van der Waals surface area contributed by atoms with Crippen molar-refractivity contribution in [2.45, 2.75) is 39.8 Å². The van der Waals surface area contributed by atoms with Crippen molar-refractivity contribution >= 4 is 10.0 Å². The van der Waals surface area contributed by atoms with Gasteiger partial charge in [-0.15, -0.1) is 0 Å². The van der Waals surface area contributed by atoms with E-state index in [0.717, 1.165) is 0 Å². The van der Waals surface area contributed by atoms with Gasteiger partial charge in [0.2, 0.25) is 10.0 Å². The Labute approximate surface area is 89.1 Å². The van der Waals surface area contributed by atoms with Crippen molar-refractivity contribution in [3.05, 3.63) is 0 Å². The molecule has 15 heavy (non-hydrogen) atoms. The number of hydrogen-bond acceptors (Lipinski definition) is 2. The second-order valence-electron chi connectivity index (χ2n) is 2.58. The van der Waals surface area contributed by atoms with Crippen molar-refractivity contribution in [3.63, 3.8) is 0 Å². The SMILES string of the molecule is CC.CCCNS(=O)(=O)CCC(F)(F)F. The van der Waals surface area contributed by atoms with Gasteiger partial charge < -0.3 is 0 Å². The molecule has 0 spiro atoms. The van der Waals surface area contributed by atoms with Gasteiger partial charge in [0.05, 0.1) is 12.2 Å². The Balaban J connectivity index is 0. The number of rotatable bonds is 5. The normalized spacial score (nSPS) is 11.9. The fourth-order valence-corrected chi connectivity index (χ4v) is 1.74. The highest BCUT2D eigenvalue weighted by atomic mass is 32.2. The van der Waals surface area contributed by atoms with E-state index in [4.69, 9.17) is 0 Å². The average molecular weight is 249 g/mol. The smallest absolute Gasteiger partial charge is 0.215 e. The molecule has 0 bridgehead atoms. The van der Waals surface area contributed by atoms with Gasteiger partial charge in [-0.05, 0) is 6.42 Å². The molecule has 0 unspecified atom stereocenters. The van der Waals surface area contributed by atoms with E-state index in [-0.39, 0.29) is 6.54 Å². The van der Waals surface area contributed by atoms with Crippen molar-refractivity contribution < 1.29 is 21.6 Å². The standard InChI is InChI=1S/C6H12F3NO2S.C2H6/c1-2-4-10-13(11,12)5-3-6(7,8)9;1-2/h10H,2-5H2,1H3;1-2H3. The molecule has 0 heterocycles. The second-order valence-corrected chi connectivity index (χ2v) is 4.50. The lowest BCUT2D eigenvalue weighted by Gasteiger charge is -2.07. The molecule has 0 saturated carbocycles. The highest BCUT2D eigenvalue weighted by Gasteiger charge is 2.29. The Bertz CT molecular complexity index is 237. The largest absolute Gasteiger partial charge is 0.390 e. The molecule has 0 fully saturated rings. The van der Waals surface area contributed by atoms with Gasteiger partial charge >= 0.3 is 6.18 Å². The van der Waals surface area contributed by atoms with Crippen LogP contribution in [0.1, 0.15) is 33.6 Å². The zero-order valence-electron chi connectivity index (χ0n) is 9.19. The fourth-order valence-electron chi connectivity index (χ4n) is 0.580. The van der Waals surface area contributed by atoms with E-state index in [9.17, 15) is 21.6 Å². The Hall–Kier alpha value is -0.300. The summed E-state index contributed by atoms with van der Waals surface area (Å²) in [5, 5.41) is 0. The molecule has 0 atom stereocenters. The van der Waals surface area contributed by atoms with Crippen LogP contribution in [-0.4, -0.2) is 26.9 Å². The van der Waals surface area contributed by atoms with Gasteiger partial charge in [0.25, 0.3) is 0 Å². The van der Waals surface area contributed by atoms with E-state index in [0.29, 0.717) is 6.42 Å². The third kappa shape index (κ3) is 13.7. The summed E-state index contributed by atoms with van der Waals surface area (Å²) < 4.78 is 58.6. The maximum absolute atomic E-state index is 11.6. The number of halogens is 3. The predicted octanol–water partition coefficient (Wildman–Crippen LogP) is 2.29. The van der Waals surface area contributed by atoms with E-state index < -0.39 is 28.4 Å². The van der Waals surface area contributed by atoms with Crippen LogP contribution in [0, 0.1) is 0 Å². The van der Waals surface area contributed by atoms with Crippen LogP contribution in [0.4, 0.5) is 13.2 Å². The number of sulfonamides is 1. The second kappa shape index (κ2) is 7.92. The molecule has 0 aliphatic carbocycles. The minimum atomic E-state index is -4.42. The van der Waals surface area contributed by atoms with Crippen LogP contribution < -0.4 is 4.72 Å². The Morgan fingerprint density at radius 2 is 1.67 bits per heavy atom. The van der Waals surface area contributed by atoms with Crippen molar-refractivity contribution in [2.24, 2.45) is 0 Å². The van der Waals surface area contributed by atoms with Gasteiger partial charge in [-0.1, -0.05) is 20.8 Å². The molecule has 0 radical (unpaired) electrons. The Kier molecular flexibility index (Phi) is 9.04. The molecule has 0 aromatic rings. The van der Waals surface area contributed by atoms with Gasteiger partial charge in [0, 0.05) is 6.54 Å². The maximum atomic E-state index is 11.6. The van der Waals surface area contributed by atoms with Gasteiger partial charge in [0.1, 0.15) is 0 Å². The lowest BCUT2D eigenvalue weighted by molar-refractivity contribution is -0.129. The third-order valence-corrected chi connectivity index (χ3v) is 2.61. The highest BCUT2D eigenvalue weighted by Crippen LogP contribution is 2.19. The minimum Gasteiger partial charge on any atom is -0.215 e. The van der Waals surface area contributed by atoms with Gasteiger partial charge in [0.15, 0.2) is 0 Å². The van der Waals surface area contributed by atoms with E-state index >= 15 is 0 Å². The summed E-state index contributed by atoms with van der Waals surface area (Å²) in [5.41, 5.74) is 0. The van der Waals surface area contributed by atoms with Crippen molar-refractivity contribution in [1.29, 1.82) is 0 Å². The summed E-state index contributed by atoms with van der Waals surface area (Å²) in [5.74, 6) is -0.892. The van der Waals surface area contributed by atoms with Crippen LogP contribution in [0.3, 0.4) is 0 Å². The number of hydrogen-bond donors (Lipinski definition) is 1. The summed E-state index contributed by atoms with van der Waals surface area (Å²) >= 11 is 0. The molecule has 0 aliphatic rings. The lowest BCUT2D eigenvalue weighted by atomic mass is 10.5. The molecular weight excluding hydrogens is 231 g/mol. The van der Waals surface area contributed by atoms with E-state index in [1.165, 1.54) is 0 Å². The molecular formula is C8H18F3NO2S. The summed E-state index contributed by atoms with van der Waals surface area (Å²) in [6.45, 7) is 5.91. The van der Waals surface area contributed by atoms with Crippen LogP contribution in [-0.2, 0) is 10.0 Å². The van der Waals surface area contributed by atoms with E-state index in [1.54, 1.807) is 6.92 Å². The molecule has 3 nitrogen and oxygen atoms in total. The first-order chi connectivity index (χ1) is 6.77. The zero-order valence-corrected chi connectivity index (χ0v) is 10.0. The fraction of sp³-hybridized carbons (Fsp3) is 1.00. The highest BCUT2D eigenvalue weighted by molar-refractivity contribution is 7.89. The summed E-state index contributed by atoms with van der Waals surface area (Å²) in [6, 6.07) is 0. The van der Waals surface area contributed by atoms with Crippen LogP contribution >= 0.6 is 0 Å². The summed E-state index contributed by atoms with van der Waals surface area (Å²) in [7, 11) is -3.75. The lowest BCUT2D eigenvalue weighted by Crippen LogP contribution is -2.29. The Morgan fingerprint density at radius 3 is 2.00 bits per heavy atom. The van der Waals surface area contributed by atoms with Crippen LogP contribution in [0.15, 0.2) is 0 Å². The third-order valence-electron chi connectivity index (χ3n) is 1.23. The average Bonchev–Trinajstić information content (AvgIpc) is 2.14. The molecule has 0 saturated heterocycles. The van der Waals surface area contributed by atoms with Crippen LogP contribution in [0.25, 0.3) is 0 Å². The monoisotopic (exact) mass is 249 g/mol. The van der Waals surface area contributed by atoms with Crippen molar-refractivity contribution in [2.75, 3.05) is 12.3 Å².